The fraction of sp³-hybridized carbons (Fsp3) is 0.607. The van der Waals surface area contributed by atoms with E-state index in [1.54, 1.807) is 0 Å². The summed E-state index contributed by atoms with van der Waals surface area (Å²) in [4.78, 5) is 5.12. The molecule has 0 bridgehead atoms. The molecule has 0 unspecified atom stereocenters. The molecule has 0 spiro atoms. The highest BCUT2D eigenvalue weighted by Crippen LogP contribution is 2.50. The highest BCUT2D eigenvalue weighted by atomic mass is 127. The summed E-state index contributed by atoms with van der Waals surface area (Å²) in [5.74, 6) is -0.281. The standard InChI is InChI=1S/C28H39F3INO3Si/c1-16(2)24-22(25(34)17-10-12-18(13-11-17)35-28(29,30)31)23(32)21-19(33-24)14-27(6,7)15-20(21)36-37(8,9)26(3,4)5/h10-13,16,20,25,34H,14-15H2,1-9H3/t20-,25-/m0/s1. The monoisotopic (exact) mass is 649 g/mol. The number of aliphatic hydroxyl groups is 1. The third-order valence-electron chi connectivity index (χ3n) is 7.51. The molecule has 4 nitrogen and oxygen atoms in total. The Labute approximate surface area is 233 Å². The largest absolute Gasteiger partial charge is 0.573 e. The SMILES string of the molecule is CC(C)c1nc2c(c(I)c1[C@@H](O)c1ccc(OC(F)(F)F)cc1)[C@@H](O[Si](C)(C)C(C)(C)C)CC(C)(C)C2. The van der Waals surface area contributed by atoms with Crippen molar-refractivity contribution in [3.63, 3.8) is 0 Å². The van der Waals surface area contributed by atoms with Crippen molar-refractivity contribution in [2.75, 3.05) is 0 Å². The summed E-state index contributed by atoms with van der Waals surface area (Å²) in [6.07, 6.45) is -4.30. The van der Waals surface area contributed by atoms with Gasteiger partial charge in [0.1, 0.15) is 11.9 Å². The molecule has 206 valence electrons. The maximum atomic E-state index is 12.6. The third-order valence-corrected chi connectivity index (χ3v) is 13.2. The second-order valence-electron chi connectivity index (χ2n) is 12.7. The van der Waals surface area contributed by atoms with Crippen LogP contribution in [0.5, 0.6) is 5.75 Å². The minimum atomic E-state index is -4.77. The van der Waals surface area contributed by atoms with Crippen molar-refractivity contribution in [3.05, 3.63) is 55.9 Å². The maximum absolute atomic E-state index is 12.6. The van der Waals surface area contributed by atoms with Crippen LogP contribution >= 0.6 is 22.6 Å². The minimum absolute atomic E-state index is 0.0127. The third kappa shape index (κ3) is 6.89. The van der Waals surface area contributed by atoms with Crippen molar-refractivity contribution < 1.29 is 27.4 Å². The fourth-order valence-electron chi connectivity index (χ4n) is 4.59. The normalized spacial score (nSPS) is 19.1. The predicted octanol–water partition coefficient (Wildman–Crippen LogP) is 8.83. The molecule has 1 aliphatic rings. The van der Waals surface area contributed by atoms with E-state index in [-0.39, 0.29) is 28.2 Å². The number of aromatic nitrogens is 1. The van der Waals surface area contributed by atoms with Crippen molar-refractivity contribution in [1.29, 1.82) is 0 Å². The van der Waals surface area contributed by atoms with Crippen molar-refractivity contribution in [2.24, 2.45) is 5.41 Å². The fourth-order valence-corrected chi connectivity index (χ4v) is 7.09. The van der Waals surface area contributed by atoms with Gasteiger partial charge in [0.05, 0.1) is 11.8 Å². The van der Waals surface area contributed by atoms with Crippen LogP contribution in [0.2, 0.25) is 18.1 Å². The lowest BCUT2D eigenvalue weighted by molar-refractivity contribution is -0.274. The highest BCUT2D eigenvalue weighted by Gasteiger charge is 2.44. The summed E-state index contributed by atoms with van der Waals surface area (Å²) < 4.78 is 49.7. The number of fused-ring (bicyclic) bond motifs is 1. The Bertz CT molecular complexity index is 1130. The number of rotatable bonds is 6. The average molecular weight is 650 g/mol. The Morgan fingerprint density at radius 1 is 1.11 bits per heavy atom. The zero-order chi connectivity index (χ0) is 28.1. The summed E-state index contributed by atoms with van der Waals surface area (Å²) in [6, 6.07) is 5.40. The van der Waals surface area contributed by atoms with E-state index in [4.69, 9.17) is 9.41 Å². The summed E-state index contributed by atoms with van der Waals surface area (Å²) in [6.45, 7) is 19.7. The summed E-state index contributed by atoms with van der Waals surface area (Å²) in [7, 11) is -2.12. The molecule has 3 rings (SSSR count). The lowest BCUT2D eigenvalue weighted by Gasteiger charge is -2.44. The van der Waals surface area contributed by atoms with Crippen LogP contribution in [0.3, 0.4) is 0 Å². The number of ether oxygens (including phenoxy) is 1. The van der Waals surface area contributed by atoms with E-state index in [2.05, 4.69) is 75.0 Å². The first kappa shape index (κ1) is 30.4. The van der Waals surface area contributed by atoms with Crippen molar-refractivity contribution in [3.8, 4) is 5.75 Å². The lowest BCUT2D eigenvalue weighted by atomic mass is 9.74. The molecule has 1 aromatic carbocycles. The Morgan fingerprint density at radius 3 is 2.16 bits per heavy atom. The quantitative estimate of drug-likeness (QED) is 0.251. The molecule has 2 atom stereocenters. The topological polar surface area (TPSA) is 51.6 Å². The summed E-state index contributed by atoms with van der Waals surface area (Å²) in [5, 5.41) is 11.6. The highest BCUT2D eigenvalue weighted by molar-refractivity contribution is 14.1. The Hall–Kier alpha value is -1.17. The molecule has 1 N–H and O–H groups in total. The van der Waals surface area contributed by atoms with Crippen LogP contribution in [0.15, 0.2) is 24.3 Å². The van der Waals surface area contributed by atoms with E-state index in [1.807, 2.05) is 13.8 Å². The molecule has 2 aromatic rings. The van der Waals surface area contributed by atoms with Crippen LogP contribution in [0.25, 0.3) is 0 Å². The van der Waals surface area contributed by atoms with Crippen molar-refractivity contribution >= 4 is 30.9 Å². The molecular formula is C28H39F3INO3Si. The second kappa shape index (κ2) is 10.4. The molecule has 0 saturated carbocycles. The van der Waals surface area contributed by atoms with Crippen LogP contribution in [0.4, 0.5) is 13.2 Å². The molecular weight excluding hydrogens is 610 g/mol. The number of aliphatic hydroxyl groups excluding tert-OH is 1. The first-order chi connectivity index (χ1) is 16.7. The molecule has 0 fully saturated rings. The van der Waals surface area contributed by atoms with Gasteiger partial charge < -0.3 is 14.3 Å². The smallest absolute Gasteiger partial charge is 0.410 e. The second-order valence-corrected chi connectivity index (χ2v) is 18.5. The zero-order valence-electron chi connectivity index (χ0n) is 23.2. The van der Waals surface area contributed by atoms with Crippen LogP contribution in [-0.2, 0) is 10.8 Å². The zero-order valence-corrected chi connectivity index (χ0v) is 26.3. The van der Waals surface area contributed by atoms with Crippen LogP contribution in [-0.4, -0.2) is 24.8 Å². The number of halogens is 4. The molecule has 1 aliphatic carbocycles. The van der Waals surface area contributed by atoms with Gasteiger partial charge in [-0.15, -0.1) is 13.2 Å². The number of nitrogens with zero attached hydrogens (tertiary/aromatic N) is 1. The number of hydrogen-bond acceptors (Lipinski definition) is 4. The predicted molar refractivity (Wildman–Crippen MR) is 151 cm³/mol. The molecule has 1 heterocycles. The van der Waals surface area contributed by atoms with E-state index in [9.17, 15) is 18.3 Å². The number of benzene rings is 1. The summed E-state index contributed by atoms with van der Waals surface area (Å²) >= 11 is 2.31. The van der Waals surface area contributed by atoms with Gasteiger partial charge >= 0.3 is 6.36 Å². The molecule has 1 aromatic heterocycles. The first-order valence-electron chi connectivity index (χ1n) is 12.7. The van der Waals surface area contributed by atoms with Crippen molar-refractivity contribution in [1.82, 2.24) is 4.98 Å². The van der Waals surface area contributed by atoms with E-state index in [0.717, 1.165) is 33.4 Å². The number of alkyl halides is 3. The summed E-state index contributed by atoms with van der Waals surface area (Å²) in [5.41, 5.74) is 4.04. The lowest BCUT2D eigenvalue weighted by Crippen LogP contribution is -2.44. The Morgan fingerprint density at radius 2 is 1.68 bits per heavy atom. The molecule has 0 aliphatic heterocycles. The minimum Gasteiger partial charge on any atom is -0.410 e. The number of hydrogen-bond donors (Lipinski definition) is 1. The van der Waals surface area contributed by atoms with Gasteiger partial charge in [-0.05, 0) is 82.6 Å². The molecule has 0 saturated heterocycles. The molecule has 9 heteroatoms. The Balaban J connectivity index is 2.13. The van der Waals surface area contributed by atoms with E-state index in [1.165, 1.54) is 24.3 Å². The first-order valence-corrected chi connectivity index (χ1v) is 16.6. The van der Waals surface area contributed by atoms with Crippen LogP contribution in [0, 0.1) is 8.99 Å². The van der Waals surface area contributed by atoms with Gasteiger partial charge in [0.25, 0.3) is 0 Å². The van der Waals surface area contributed by atoms with Gasteiger partial charge in [0.15, 0.2) is 8.32 Å². The van der Waals surface area contributed by atoms with Gasteiger partial charge in [-0.2, -0.15) is 0 Å². The van der Waals surface area contributed by atoms with Gasteiger partial charge in [0.2, 0.25) is 0 Å². The van der Waals surface area contributed by atoms with Crippen LogP contribution < -0.4 is 4.74 Å². The maximum Gasteiger partial charge on any atom is 0.573 e. The molecule has 0 radical (unpaired) electrons. The average Bonchev–Trinajstić information content (AvgIpc) is 2.70. The van der Waals surface area contributed by atoms with Gasteiger partial charge in [-0.1, -0.05) is 60.6 Å². The van der Waals surface area contributed by atoms with Crippen LogP contribution in [0.1, 0.15) is 101 Å². The van der Waals surface area contributed by atoms with E-state index < -0.39 is 20.8 Å². The van der Waals surface area contributed by atoms with E-state index in [0.29, 0.717) is 11.1 Å². The van der Waals surface area contributed by atoms with Gasteiger partial charge in [-0.3, -0.25) is 4.98 Å². The number of pyridine rings is 1. The molecule has 37 heavy (non-hydrogen) atoms. The van der Waals surface area contributed by atoms with E-state index >= 15 is 0 Å². The van der Waals surface area contributed by atoms with Gasteiger partial charge in [-0.25, -0.2) is 0 Å². The Kier molecular flexibility index (Phi) is 8.56. The van der Waals surface area contributed by atoms with Crippen molar-refractivity contribution in [2.45, 2.75) is 104 Å². The van der Waals surface area contributed by atoms with Gasteiger partial charge in [0, 0.05) is 20.4 Å². The molecule has 0 amide bonds.